The summed E-state index contributed by atoms with van der Waals surface area (Å²) in [4.78, 5) is 17.3. The van der Waals surface area contributed by atoms with Gasteiger partial charge in [-0.3, -0.25) is 4.79 Å². The molecule has 2 N–H and O–H groups in total. The fourth-order valence-corrected chi connectivity index (χ4v) is 4.41. The maximum absolute atomic E-state index is 13.2. The van der Waals surface area contributed by atoms with E-state index in [2.05, 4.69) is 22.6 Å². The highest BCUT2D eigenvalue weighted by atomic mass is 19.1. The molecule has 0 radical (unpaired) electrons. The van der Waals surface area contributed by atoms with Gasteiger partial charge < -0.3 is 20.4 Å². The van der Waals surface area contributed by atoms with E-state index in [1.165, 1.54) is 44.2 Å². The van der Waals surface area contributed by atoms with Crippen molar-refractivity contribution in [1.82, 2.24) is 9.80 Å². The maximum atomic E-state index is 13.2. The van der Waals surface area contributed by atoms with E-state index in [-0.39, 0.29) is 11.7 Å². The smallest absolute Gasteiger partial charge is 0.254 e. The van der Waals surface area contributed by atoms with Crippen LogP contribution in [-0.4, -0.2) is 55.0 Å². The van der Waals surface area contributed by atoms with Gasteiger partial charge in [0.15, 0.2) is 0 Å². The van der Waals surface area contributed by atoms with Crippen molar-refractivity contribution in [3.05, 3.63) is 59.4 Å². The lowest BCUT2D eigenvalue weighted by Gasteiger charge is -2.32. The number of nitrogens with zero attached hydrogens (tertiary/aromatic N) is 2. The summed E-state index contributed by atoms with van der Waals surface area (Å²) in [6.45, 7) is 3.91. The van der Waals surface area contributed by atoms with Gasteiger partial charge in [-0.05, 0) is 55.8 Å². The highest BCUT2D eigenvalue weighted by molar-refractivity contribution is 5.96. The highest BCUT2D eigenvalue weighted by Crippen LogP contribution is 2.29. The van der Waals surface area contributed by atoms with Crippen LogP contribution in [0.4, 0.5) is 15.8 Å². The minimum Gasteiger partial charge on any atom is -0.381 e. The zero-order chi connectivity index (χ0) is 21.6. The van der Waals surface area contributed by atoms with Crippen molar-refractivity contribution >= 4 is 17.3 Å². The maximum Gasteiger partial charge on any atom is 0.254 e. The third kappa shape index (κ3) is 5.76. The van der Waals surface area contributed by atoms with Crippen LogP contribution >= 0.6 is 0 Å². The van der Waals surface area contributed by atoms with Crippen LogP contribution in [0.5, 0.6) is 0 Å². The molecule has 1 saturated heterocycles. The lowest BCUT2D eigenvalue weighted by molar-refractivity contribution is 0.0664. The molecule has 1 heterocycles. The zero-order valence-electron chi connectivity index (χ0n) is 18.4. The lowest BCUT2D eigenvalue weighted by Crippen LogP contribution is -2.47. The highest BCUT2D eigenvalue weighted by Gasteiger charge is 2.22. The van der Waals surface area contributed by atoms with E-state index in [0.717, 1.165) is 43.1 Å². The fourth-order valence-electron chi connectivity index (χ4n) is 4.41. The number of amides is 1. The van der Waals surface area contributed by atoms with Gasteiger partial charge in [0.2, 0.25) is 0 Å². The number of likely N-dealkylation sites (N-methyl/N-ethyl adjacent to an activating group) is 1. The average Bonchev–Trinajstić information content (AvgIpc) is 2.80. The van der Waals surface area contributed by atoms with Gasteiger partial charge >= 0.3 is 0 Å². The van der Waals surface area contributed by atoms with E-state index < -0.39 is 0 Å². The van der Waals surface area contributed by atoms with Crippen LogP contribution in [0.1, 0.15) is 48.0 Å². The number of nitrogens with one attached hydrogen (secondary N) is 2. The Labute approximate surface area is 184 Å². The van der Waals surface area contributed by atoms with Gasteiger partial charge in [0.25, 0.3) is 5.91 Å². The van der Waals surface area contributed by atoms with Crippen LogP contribution in [0.3, 0.4) is 0 Å². The van der Waals surface area contributed by atoms with Gasteiger partial charge in [-0.1, -0.05) is 31.4 Å². The second kappa shape index (κ2) is 10.1. The molecule has 1 aliphatic carbocycles. The molecule has 4 rings (SSSR count). The topological polar surface area (TPSA) is 47.6 Å². The summed E-state index contributed by atoms with van der Waals surface area (Å²) in [5.74, 6) is -0.148. The standard InChI is InChI=1S/C25H33FN4O/c1-29-13-15-30(16-14-29)25(31)20-9-12-23(28-22-5-3-2-4-6-22)24(17-20)27-18-19-7-10-21(26)11-8-19/h7-12,17,22,27-28H,2-6,13-16,18H2,1H3. The predicted molar refractivity (Wildman–Crippen MR) is 124 cm³/mol. The number of carbonyl (C=O) groups is 1. The minimum atomic E-state index is -0.233. The molecule has 1 saturated carbocycles. The number of anilines is 2. The number of halogens is 1. The van der Waals surface area contributed by atoms with E-state index in [4.69, 9.17) is 0 Å². The normalized spacial score (nSPS) is 18.1. The van der Waals surface area contributed by atoms with Gasteiger partial charge in [-0.2, -0.15) is 0 Å². The average molecular weight is 425 g/mol. The Morgan fingerprint density at radius 1 is 0.968 bits per heavy atom. The van der Waals surface area contributed by atoms with Gasteiger partial charge in [-0.15, -0.1) is 0 Å². The minimum absolute atomic E-state index is 0.0853. The third-order valence-electron chi connectivity index (χ3n) is 6.42. The molecule has 0 bridgehead atoms. The first-order chi connectivity index (χ1) is 15.1. The summed E-state index contributed by atoms with van der Waals surface area (Å²) in [5, 5.41) is 7.17. The van der Waals surface area contributed by atoms with Crippen molar-refractivity contribution in [2.45, 2.75) is 44.7 Å². The van der Waals surface area contributed by atoms with Crippen molar-refractivity contribution in [1.29, 1.82) is 0 Å². The summed E-state index contributed by atoms with van der Waals surface area (Å²) >= 11 is 0. The van der Waals surface area contributed by atoms with Crippen LogP contribution in [0.2, 0.25) is 0 Å². The molecule has 0 unspecified atom stereocenters. The largest absolute Gasteiger partial charge is 0.381 e. The molecule has 5 nitrogen and oxygen atoms in total. The van der Waals surface area contributed by atoms with Gasteiger partial charge in [0, 0.05) is 44.3 Å². The van der Waals surface area contributed by atoms with Crippen molar-refractivity contribution in [2.75, 3.05) is 43.9 Å². The Morgan fingerprint density at radius 2 is 1.68 bits per heavy atom. The fraction of sp³-hybridized carbons (Fsp3) is 0.480. The second-order valence-corrected chi connectivity index (χ2v) is 8.82. The van der Waals surface area contributed by atoms with Gasteiger partial charge in [-0.25, -0.2) is 4.39 Å². The van der Waals surface area contributed by atoms with E-state index in [9.17, 15) is 9.18 Å². The van der Waals surface area contributed by atoms with Gasteiger partial charge in [0.05, 0.1) is 11.4 Å². The van der Waals surface area contributed by atoms with Crippen molar-refractivity contribution in [2.24, 2.45) is 0 Å². The van der Waals surface area contributed by atoms with Crippen LogP contribution in [0.15, 0.2) is 42.5 Å². The first-order valence-corrected chi connectivity index (χ1v) is 11.5. The molecule has 0 atom stereocenters. The Bertz CT molecular complexity index is 872. The molecule has 2 fully saturated rings. The molecule has 1 amide bonds. The van der Waals surface area contributed by atoms with E-state index in [1.54, 1.807) is 12.1 Å². The van der Waals surface area contributed by atoms with Crippen LogP contribution in [-0.2, 0) is 6.54 Å². The number of rotatable bonds is 6. The monoisotopic (exact) mass is 424 g/mol. The summed E-state index contributed by atoms with van der Waals surface area (Å²) in [5.41, 5.74) is 3.67. The van der Waals surface area contributed by atoms with Crippen molar-refractivity contribution < 1.29 is 9.18 Å². The van der Waals surface area contributed by atoms with Crippen LogP contribution in [0, 0.1) is 5.82 Å². The summed E-state index contributed by atoms with van der Waals surface area (Å²) in [6, 6.07) is 12.9. The number of benzene rings is 2. The molecule has 31 heavy (non-hydrogen) atoms. The predicted octanol–water partition coefficient (Wildman–Crippen LogP) is 4.57. The van der Waals surface area contributed by atoms with E-state index >= 15 is 0 Å². The molecular formula is C25H33FN4O. The Morgan fingerprint density at radius 3 is 2.39 bits per heavy atom. The number of hydrogen-bond donors (Lipinski definition) is 2. The first-order valence-electron chi connectivity index (χ1n) is 11.5. The molecule has 1 aliphatic heterocycles. The third-order valence-corrected chi connectivity index (χ3v) is 6.42. The molecule has 0 spiro atoms. The lowest BCUT2D eigenvalue weighted by atomic mass is 9.95. The molecule has 2 aromatic rings. The quantitative estimate of drug-likeness (QED) is 0.713. The van der Waals surface area contributed by atoms with Gasteiger partial charge in [0.1, 0.15) is 5.82 Å². The molecule has 0 aromatic heterocycles. The number of carbonyl (C=O) groups excluding carboxylic acids is 1. The zero-order valence-corrected chi connectivity index (χ0v) is 18.4. The first kappa shape index (κ1) is 21.6. The molecule has 6 heteroatoms. The number of hydrogen-bond acceptors (Lipinski definition) is 4. The van der Waals surface area contributed by atoms with E-state index in [1.807, 2.05) is 23.1 Å². The molecule has 2 aromatic carbocycles. The van der Waals surface area contributed by atoms with Crippen LogP contribution in [0.25, 0.3) is 0 Å². The molecular weight excluding hydrogens is 391 g/mol. The second-order valence-electron chi connectivity index (χ2n) is 8.82. The Balaban J connectivity index is 1.52. The van der Waals surface area contributed by atoms with Crippen molar-refractivity contribution in [3.8, 4) is 0 Å². The SMILES string of the molecule is CN1CCN(C(=O)c2ccc(NC3CCCCC3)c(NCc3ccc(F)cc3)c2)CC1. The number of piperazine rings is 1. The summed E-state index contributed by atoms with van der Waals surface area (Å²) < 4.78 is 13.2. The summed E-state index contributed by atoms with van der Waals surface area (Å²) in [6.07, 6.45) is 6.19. The Hall–Kier alpha value is -2.60. The van der Waals surface area contributed by atoms with Crippen molar-refractivity contribution in [3.63, 3.8) is 0 Å². The summed E-state index contributed by atoms with van der Waals surface area (Å²) in [7, 11) is 2.09. The Kier molecular flexibility index (Phi) is 7.07. The van der Waals surface area contributed by atoms with Crippen LogP contribution < -0.4 is 10.6 Å². The molecule has 166 valence electrons. The van der Waals surface area contributed by atoms with E-state index in [0.29, 0.717) is 18.2 Å². The molecule has 2 aliphatic rings.